The van der Waals surface area contributed by atoms with Gasteiger partial charge in [0, 0.05) is 13.0 Å². The van der Waals surface area contributed by atoms with E-state index in [0.717, 1.165) is 0 Å². The van der Waals surface area contributed by atoms with Crippen LogP contribution in [0.4, 0.5) is 5.95 Å². The zero-order valence-electron chi connectivity index (χ0n) is 16.9. The molecule has 4 atom stereocenters. The number of aromatic amines is 1. The summed E-state index contributed by atoms with van der Waals surface area (Å²) in [5.74, 6) is -0.540. The molecular formula is C18H27N5O6. The monoisotopic (exact) mass is 409 g/mol. The molecular weight excluding hydrogens is 382 g/mol. The van der Waals surface area contributed by atoms with E-state index in [9.17, 15) is 14.7 Å². The van der Waals surface area contributed by atoms with E-state index in [1.807, 2.05) is 6.92 Å². The van der Waals surface area contributed by atoms with Gasteiger partial charge in [0.2, 0.25) is 11.9 Å². The number of nitrogens with zero attached hydrogens (tertiary/aromatic N) is 3. The Balaban J connectivity index is 1.97. The van der Waals surface area contributed by atoms with Gasteiger partial charge in [-0.1, -0.05) is 20.8 Å². The third-order valence-electron chi connectivity index (χ3n) is 4.79. The van der Waals surface area contributed by atoms with Gasteiger partial charge in [-0.15, -0.1) is 0 Å². The van der Waals surface area contributed by atoms with Crippen molar-refractivity contribution in [3.8, 4) is 0 Å². The molecule has 1 fully saturated rings. The molecule has 3 rings (SSSR count). The Morgan fingerprint density at radius 1 is 1.45 bits per heavy atom. The number of nitrogens with one attached hydrogen (secondary N) is 2. The van der Waals surface area contributed by atoms with Crippen molar-refractivity contribution in [3.63, 3.8) is 0 Å². The number of rotatable bonds is 8. The van der Waals surface area contributed by atoms with Gasteiger partial charge in [-0.05, 0) is 6.42 Å². The van der Waals surface area contributed by atoms with E-state index >= 15 is 0 Å². The molecule has 3 N–H and O–H groups in total. The number of aliphatic hydroxyl groups is 1. The molecule has 0 radical (unpaired) electrons. The number of amides is 1. The number of aromatic nitrogens is 4. The number of methoxy groups -OCH3 is 1. The molecule has 0 saturated carbocycles. The highest BCUT2D eigenvalue weighted by molar-refractivity contribution is 5.91. The minimum atomic E-state index is -0.860. The van der Waals surface area contributed by atoms with Crippen LogP contribution in [0.1, 0.15) is 33.4 Å². The van der Waals surface area contributed by atoms with Crippen molar-refractivity contribution in [3.05, 3.63) is 16.7 Å². The summed E-state index contributed by atoms with van der Waals surface area (Å²) in [6.07, 6.45) is -0.725. The lowest BCUT2D eigenvalue weighted by molar-refractivity contribution is -0.118. The lowest BCUT2D eigenvalue weighted by Crippen LogP contribution is -2.35. The van der Waals surface area contributed by atoms with Gasteiger partial charge >= 0.3 is 0 Å². The van der Waals surface area contributed by atoms with Gasteiger partial charge in [0.25, 0.3) is 5.56 Å². The summed E-state index contributed by atoms with van der Waals surface area (Å²) in [5.41, 5.74) is -0.168. The predicted molar refractivity (Wildman–Crippen MR) is 103 cm³/mol. The molecule has 11 heteroatoms. The maximum Gasteiger partial charge on any atom is 0.280 e. The van der Waals surface area contributed by atoms with E-state index in [1.165, 1.54) is 6.33 Å². The number of imidazole rings is 1. The molecule has 0 spiro atoms. The van der Waals surface area contributed by atoms with Gasteiger partial charge in [0.15, 0.2) is 17.4 Å². The molecule has 0 aromatic carbocycles. The first-order valence-corrected chi connectivity index (χ1v) is 9.59. The number of carbonyl (C=O) groups is 1. The Bertz CT molecular complexity index is 910. The van der Waals surface area contributed by atoms with Crippen LogP contribution in [-0.4, -0.2) is 69.2 Å². The van der Waals surface area contributed by atoms with Gasteiger partial charge in [0.05, 0.1) is 25.6 Å². The maximum absolute atomic E-state index is 12.4. The second-order valence-corrected chi connectivity index (χ2v) is 7.17. The van der Waals surface area contributed by atoms with Crippen molar-refractivity contribution >= 4 is 23.0 Å². The molecule has 1 aliphatic heterocycles. The quantitative estimate of drug-likeness (QED) is 0.533. The average Bonchev–Trinajstić information content (AvgIpc) is 3.23. The number of hydrogen-bond acceptors (Lipinski definition) is 8. The van der Waals surface area contributed by atoms with E-state index < -0.39 is 30.1 Å². The smallest absolute Gasteiger partial charge is 0.280 e. The van der Waals surface area contributed by atoms with Gasteiger partial charge in [-0.2, -0.15) is 4.98 Å². The highest BCUT2D eigenvalue weighted by Crippen LogP contribution is 2.34. The summed E-state index contributed by atoms with van der Waals surface area (Å²) in [5, 5.41) is 13.2. The molecule has 160 valence electrons. The Morgan fingerprint density at radius 2 is 2.21 bits per heavy atom. The van der Waals surface area contributed by atoms with E-state index in [4.69, 9.17) is 14.2 Å². The fourth-order valence-corrected chi connectivity index (χ4v) is 3.16. The summed E-state index contributed by atoms with van der Waals surface area (Å²) in [7, 11) is 1.56. The van der Waals surface area contributed by atoms with Crippen molar-refractivity contribution < 1.29 is 24.1 Å². The third kappa shape index (κ3) is 4.32. The summed E-state index contributed by atoms with van der Waals surface area (Å²) in [4.78, 5) is 35.4. The number of H-pyrrole nitrogens is 1. The minimum absolute atomic E-state index is 0.0189. The molecule has 0 bridgehead atoms. The Hall–Kier alpha value is -2.34. The number of ether oxygens (including phenoxy) is 3. The van der Waals surface area contributed by atoms with Crippen LogP contribution in [0.15, 0.2) is 11.1 Å². The molecule has 1 amide bonds. The number of fused-ring (bicyclic) bond motifs is 1. The highest BCUT2D eigenvalue weighted by Gasteiger charge is 2.45. The van der Waals surface area contributed by atoms with Gasteiger partial charge < -0.3 is 19.3 Å². The van der Waals surface area contributed by atoms with Crippen molar-refractivity contribution in [1.29, 1.82) is 0 Å². The van der Waals surface area contributed by atoms with Crippen LogP contribution in [-0.2, 0) is 19.0 Å². The molecule has 1 aliphatic rings. The third-order valence-corrected chi connectivity index (χ3v) is 4.79. The van der Waals surface area contributed by atoms with Crippen LogP contribution in [0.25, 0.3) is 11.2 Å². The molecule has 3 heterocycles. The average molecular weight is 409 g/mol. The second kappa shape index (κ2) is 8.99. The van der Waals surface area contributed by atoms with E-state index in [2.05, 4.69) is 20.3 Å². The van der Waals surface area contributed by atoms with Crippen molar-refractivity contribution in [2.75, 3.05) is 25.6 Å². The zero-order valence-corrected chi connectivity index (χ0v) is 16.9. The normalized spacial score (nSPS) is 24.5. The molecule has 1 saturated heterocycles. The molecule has 2 aromatic rings. The number of hydrogen-bond donors (Lipinski definition) is 3. The predicted octanol–water partition coefficient (Wildman–Crippen LogP) is 0.414. The van der Waals surface area contributed by atoms with Gasteiger partial charge in [0.1, 0.15) is 12.2 Å². The summed E-state index contributed by atoms with van der Waals surface area (Å²) in [6, 6.07) is 0. The van der Waals surface area contributed by atoms with Crippen molar-refractivity contribution in [1.82, 2.24) is 19.5 Å². The first-order valence-electron chi connectivity index (χ1n) is 9.59. The number of aliphatic hydroxyl groups excluding tert-OH is 1. The van der Waals surface area contributed by atoms with Crippen LogP contribution in [0.2, 0.25) is 0 Å². The van der Waals surface area contributed by atoms with Crippen LogP contribution in [0.5, 0.6) is 0 Å². The molecule has 11 nitrogen and oxygen atoms in total. The second-order valence-electron chi connectivity index (χ2n) is 7.17. The highest BCUT2D eigenvalue weighted by atomic mass is 16.6. The number of carbonyl (C=O) groups excluding carboxylic acids is 1. The SMILES string of the molecule is CC[C@H]1O[C@@H](n2cnc3c(=O)[nH]c(NC(=O)C(C)C)nc32)C(OCCOC)[C@H]1O. The van der Waals surface area contributed by atoms with Crippen LogP contribution in [0.3, 0.4) is 0 Å². The number of anilines is 1. The summed E-state index contributed by atoms with van der Waals surface area (Å²) >= 11 is 0. The largest absolute Gasteiger partial charge is 0.388 e. The fraction of sp³-hybridized carbons (Fsp3) is 0.667. The zero-order chi connectivity index (χ0) is 21.1. The molecule has 1 unspecified atom stereocenters. The van der Waals surface area contributed by atoms with Crippen LogP contribution in [0, 0.1) is 5.92 Å². The standard InChI is InChI=1S/C18H27N5O6/c1-5-10-12(24)13(28-7-6-27-4)17(29-10)23-8-19-11-14(23)20-18(22-16(11)26)21-15(25)9(2)3/h8-10,12-13,17,24H,5-7H2,1-4H3,(H2,20,21,22,25,26)/t10-,12+,13?,17-/m1/s1. The summed E-state index contributed by atoms with van der Waals surface area (Å²) in [6.45, 7) is 6.00. The lowest BCUT2D eigenvalue weighted by atomic mass is 10.1. The van der Waals surface area contributed by atoms with Gasteiger partial charge in [-0.25, -0.2) is 4.98 Å². The lowest BCUT2D eigenvalue weighted by Gasteiger charge is -2.22. The summed E-state index contributed by atoms with van der Waals surface area (Å²) < 4.78 is 18.3. The topological polar surface area (TPSA) is 141 Å². The molecule has 2 aromatic heterocycles. The first-order chi connectivity index (χ1) is 13.9. The van der Waals surface area contributed by atoms with Gasteiger partial charge in [-0.3, -0.25) is 24.5 Å². The minimum Gasteiger partial charge on any atom is -0.388 e. The van der Waals surface area contributed by atoms with E-state index in [0.29, 0.717) is 13.0 Å². The molecule has 29 heavy (non-hydrogen) atoms. The molecule has 0 aliphatic carbocycles. The fourth-order valence-electron chi connectivity index (χ4n) is 3.16. The first kappa shape index (κ1) is 21.4. The van der Waals surface area contributed by atoms with E-state index in [1.54, 1.807) is 25.5 Å². The maximum atomic E-state index is 12.4. The Labute approximate surface area is 167 Å². The Morgan fingerprint density at radius 3 is 2.86 bits per heavy atom. The van der Waals surface area contributed by atoms with E-state index in [-0.39, 0.29) is 35.5 Å². The Kier molecular flexibility index (Phi) is 6.63. The van der Waals surface area contributed by atoms with Crippen LogP contribution < -0.4 is 10.9 Å². The van der Waals surface area contributed by atoms with Crippen LogP contribution >= 0.6 is 0 Å². The van der Waals surface area contributed by atoms with Crippen molar-refractivity contribution in [2.45, 2.75) is 51.7 Å². The van der Waals surface area contributed by atoms with Crippen molar-refractivity contribution in [2.24, 2.45) is 5.92 Å².